The van der Waals surface area contributed by atoms with Crippen molar-refractivity contribution in [3.8, 4) is 28.8 Å². The van der Waals surface area contributed by atoms with Gasteiger partial charge in [-0.2, -0.15) is 5.26 Å². The zero-order valence-electron chi connectivity index (χ0n) is 9.39. The van der Waals surface area contributed by atoms with Crippen LogP contribution in [0.2, 0.25) is 0 Å². The van der Waals surface area contributed by atoms with Crippen LogP contribution >= 0.6 is 0 Å². The van der Waals surface area contributed by atoms with E-state index in [0.29, 0.717) is 28.5 Å². The van der Waals surface area contributed by atoms with E-state index in [0.717, 1.165) is 0 Å². The van der Waals surface area contributed by atoms with Crippen molar-refractivity contribution < 1.29 is 9.47 Å². The molecule has 0 unspecified atom stereocenters. The lowest BCUT2D eigenvalue weighted by Gasteiger charge is -2.06. The molecule has 0 saturated carbocycles. The van der Waals surface area contributed by atoms with Gasteiger partial charge in [0.25, 0.3) is 0 Å². The van der Waals surface area contributed by atoms with Gasteiger partial charge in [0.1, 0.15) is 23.3 Å². The lowest BCUT2D eigenvalue weighted by atomic mass is 10.1. The summed E-state index contributed by atoms with van der Waals surface area (Å²) in [6.07, 6.45) is 0. The average Bonchev–Trinajstić information content (AvgIpc) is 2.86. The van der Waals surface area contributed by atoms with Crippen LogP contribution in [0.1, 0.15) is 5.69 Å². The number of benzene rings is 1. The van der Waals surface area contributed by atoms with Gasteiger partial charge in [0.05, 0.1) is 14.2 Å². The van der Waals surface area contributed by atoms with E-state index in [1.807, 2.05) is 6.07 Å². The third-order valence-corrected chi connectivity index (χ3v) is 2.29. The number of nitriles is 1. The number of H-pyrrole nitrogens is 1. The number of hydrogen-bond donors (Lipinski definition) is 1. The van der Waals surface area contributed by atoms with Crippen LogP contribution < -0.4 is 9.47 Å². The molecule has 0 saturated heterocycles. The third kappa shape index (κ3) is 2.03. The highest BCUT2D eigenvalue weighted by Crippen LogP contribution is 2.29. The van der Waals surface area contributed by atoms with E-state index in [4.69, 9.17) is 14.7 Å². The molecule has 86 valence electrons. The molecule has 2 rings (SSSR count). The van der Waals surface area contributed by atoms with Crippen molar-refractivity contribution in [1.29, 1.82) is 5.26 Å². The summed E-state index contributed by atoms with van der Waals surface area (Å²) in [5.74, 6) is 1.26. The molecule has 0 aliphatic carbocycles. The molecule has 6 heteroatoms. The normalized spacial score (nSPS) is 9.71. The predicted octanol–water partition coefficient (Wildman–Crippen LogP) is 1.36. The molecule has 0 bridgehead atoms. The summed E-state index contributed by atoms with van der Waals surface area (Å²) in [6.45, 7) is 0. The van der Waals surface area contributed by atoms with E-state index in [9.17, 15) is 0 Å². The number of nitrogens with zero attached hydrogens (tertiary/aromatic N) is 3. The lowest BCUT2D eigenvalue weighted by Crippen LogP contribution is -1.90. The summed E-state index contributed by atoms with van der Waals surface area (Å²) in [5.41, 5.74) is 1.50. The monoisotopic (exact) mass is 230 g/mol. The summed E-state index contributed by atoms with van der Waals surface area (Å²) in [6, 6.07) is 7.26. The first kappa shape index (κ1) is 11.0. The largest absolute Gasteiger partial charge is 0.497 e. The Morgan fingerprint density at radius 2 is 1.82 bits per heavy atom. The SMILES string of the molecule is COc1cc(OC)cc(-c2nn[nH]c2C#N)c1. The topological polar surface area (TPSA) is 83.8 Å². The summed E-state index contributed by atoms with van der Waals surface area (Å²) in [7, 11) is 3.12. The second-order valence-corrected chi connectivity index (χ2v) is 3.25. The molecule has 6 nitrogen and oxygen atoms in total. The lowest BCUT2D eigenvalue weighted by molar-refractivity contribution is 0.394. The Balaban J connectivity index is 2.55. The van der Waals surface area contributed by atoms with Crippen molar-refractivity contribution in [3.05, 3.63) is 23.9 Å². The maximum atomic E-state index is 8.90. The Labute approximate surface area is 97.8 Å². The van der Waals surface area contributed by atoms with E-state index in [1.165, 1.54) is 0 Å². The average molecular weight is 230 g/mol. The summed E-state index contributed by atoms with van der Waals surface area (Å²) < 4.78 is 10.3. The van der Waals surface area contributed by atoms with Gasteiger partial charge < -0.3 is 9.47 Å². The van der Waals surface area contributed by atoms with Crippen LogP contribution in [0, 0.1) is 11.3 Å². The van der Waals surface area contributed by atoms with E-state index in [-0.39, 0.29) is 0 Å². The molecule has 0 fully saturated rings. The fourth-order valence-corrected chi connectivity index (χ4v) is 1.45. The van der Waals surface area contributed by atoms with Crippen molar-refractivity contribution in [2.75, 3.05) is 14.2 Å². The molecule has 0 atom stereocenters. The Morgan fingerprint density at radius 3 is 2.35 bits per heavy atom. The molecule has 0 aliphatic rings. The molecular weight excluding hydrogens is 220 g/mol. The minimum absolute atomic E-state index is 0.306. The van der Waals surface area contributed by atoms with Crippen LogP contribution in [0.3, 0.4) is 0 Å². The van der Waals surface area contributed by atoms with Gasteiger partial charge >= 0.3 is 0 Å². The fourth-order valence-electron chi connectivity index (χ4n) is 1.45. The van der Waals surface area contributed by atoms with Gasteiger partial charge in [-0.15, -0.1) is 5.10 Å². The van der Waals surface area contributed by atoms with Crippen LogP contribution in [0.5, 0.6) is 11.5 Å². The van der Waals surface area contributed by atoms with Crippen molar-refractivity contribution in [1.82, 2.24) is 15.4 Å². The summed E-state index contributed by atoms with van der Waals surface area (Å²) in [5, 5.41) is 18.9. The highest BCUT2D eigenvalue weighted by molar-refractivity contribution is 5.67. The molecule has 0 radical (unpaired) electrons. The number of aromatic amines is 1. The van der Waals surface area contributed by atoms with Gasteiger partial charge in [-0.1, -0.05) is 5.21 Å². The van der Waals surface area contributed by atoms with Gasteiger partial charge in [0.2, 0.25) is 0 Å². The summed E-state index contributed by atoms with van der Waals surface area (Å²) in [4.78, 5) is 0. The minimum atomic E-state index is 0.306. The van der Waals surface area contributed by atoms with E-state index < -0.39 is 0 Å². The third-order valence-electron chi connectivity index (χ3n) is 2.29. The predicted molar refractivity (Wildman–Crippen MR) is 59.6 cm³/mol. The zero-order chi connectivity index (χ0) is 12.3. The molecule has 1 aromatic heterocycles. The Hall–Kier alpha value is -2.55. The van der Waals surface area contributed by atoms with Crippen LogP contribution in [-0.2, 0) is 0 Å². The second kappa shape index (κ2) is 4.53. The quantitative estimate of drug-likeness (QED) is 0.860. The first-order chi connectivity index (χ1) is 8.28. The molecule has 0 spiro atoms. The molecule has 1 N–H and O–H groups in total. The number of methoxy groups -OCH3 is 2. The molecule has 1 heterocycles. The molecule has 1 aromatic carbocycles. The van der Waals surface area contributed by atoms with Gasteiger partial charge in [-0.25, -0.2) is 5.10 Å². The zero-order valence-corrected chi connectivity index (χ0v) is 9.39. The molecular formula is C11H10N4O2. The smallest absolute Gasteiger partial charge is 0.163 e. The van der Waals surface area contributed by atoms with E-state index >= 15 is 0 Å². The van der Waals surface area contributed by atoms with E-state index in [1.54, 1.807) is 32.4 Å². The highest BCUT2D eigenvalue weighted by atomic mass is 16.5. The summed E-state index contributed by atoms with van der Waals surface area (Å²) >= 11 is 0. The Morgan fingerprint density at radius 1 is 1.18 bits per heavy atom. The molecule has 0 aliphatic heterocycles. The maximum Gasteiger partial charge on any atom is 0.163 e. The van der Waals surface area contributed by atoms with Crippen molar-refractivity contribution in [2.45, 2.75) is 0 Å². The van der Waals surface area contributed by atoms with E-state index in [2.05, 4.69) is 15.4 Å². The van der Waals surface area contributed by atoms with Crippen LogP contribution in [0.4, 0.5) is 0 Å². The molecule has 0 amide bonds. The van der Waals surface area contributed by atoms with Crippen LogP contribution in [0.25, 0.3) is 11.3 Å². The first-order valence-corrected chi connectivity index (χ1v) is 4.83. The van der Waals surface area contributed by atoms with Crippen molar-refractivity contribution in [3.63, 3.8) is 0 Å². The number of nitrogens with one attached hydrogen (secondary N) is 1. The second-order valence-electron chi connectivity index (χ2n) is 3.25. The van der Waals surface area contributed by atoms with Crippen LogP contribution in [-0.4, -0.2) is 29.6 Å². The fraction of sp³-hybridized carbons (Fsp3) is 0.182. The van der Waals surface area contributed by atoms with Gasteiger partial charge in [0, 0.05) is 11.6 Å². The first-order valence-electron chi connectivity index (χ1n) is 4.83. The Kier molecular flexibility index (Phi) is 2.92. The minimum Gasteiger partial charge on any atom is -0.497 e. The molecule has 17 heavy (non-hydrogen) atoms. The van der Waals surface area contributed by atoms with Crippen molar-refractivity contribution >= 4 is 0 Å². The standard InChI is InChI=1S/C11H10N4O2/c1-16-8-3-7(4-9(5-8)17-2)11-10(6-12)13-15-14-11/h3-5H,1-2H3,(H,13,14,15). The molecule has 2 aromatic rings. The van der Waals surface area contributed by atoms with Gasteiger partial charge in [-0.3, -0.25) is 0 Å². The van der Waals surface area contributed by atoms with Crippen molar-refractivity contribution in [2.24, 2.45) is 0 Å². The number of aromatic nitrogens is 3. The number of rotatable bonds is 3. The Bertz CT molecular complexity index is 549. The van der Waals surface area contributed by atoms with Crippen LogP contribution in [0.15, 0.2) is 18.2 Å². The van der Waals surface area contributed by atoms with Gasteiger partial charge in [0.15, 0.2) is 5.69 Å². The number of ether oxygens (including phenoxy) is 2. The maximum absolute atomic E-state index is 8.90. The number of hydrogen-bond acceptors (Lipinski definition) is 5. The highest BCUT2D eigenvalue weighted by Gasteiger charge is 2.11. The van der Waals surface area contributed by atoms with Gasteiger partial charge in [-0.05, 0) is 12.1 Å².